The zero-order valence-electron chi connectivity index (χ0n) is 10.2. The maximum atomic E-state index is 10.8. The Balaban J connectivity index is 2.26. The number of nitro benzene ring substituents is 1. The summed E-state index contributed by atoms with van der Waals surface area (Å²) >= 11 is 5.73. The van der Waals surface area contributed by atoms with Gasteiger partial charge in [0.05, 0.1) is 10.6 Å². The lowest BCUT2D eigenvalue weighted by molar-refractivity contribution is -0.384. The molecule has 2 aromatic rings. The number of nitro groups is 1. The van der Waals surface area contributed by atoms with Crippen molar-refractivity contribution in [2.45, 2.75) is 6.92 Å². The lowest BCUT2D eigenvalue weighted by Crippen LogP contribution is -1.88. The molecule has 96 valence electrons. The molecule has 0 fully saturated rings. The van der Waals surface area contributed by atoms with Crippen LogP contribution in [0.25, 0.3) is 0 Å². The number of nitrogens with zero attached hydrogens (tertiary/aromatic N) is 2. The minimum absolute atomic E-state index is 0.110. The number of benzene rings is 2. The molecule has 0 bridgehead atoms. The Bertz CT molecular complexity index is 636. The summed E-state index contributed by atoms with van der Waals surface area (Å²) in [7, 11) is 0. The van der Waals surface area contributed by atoms with Gasteiger partial charge in [-0.1, -0.05) is 41.4 Å². The third kappa shape index (κ3) is 3.39. The second-order valence-electron chi connectivity index (χ2n) is 4.06. The lowest BCUT2D eigenvalue weighted by atomic mass is 10.2. The molecule has 0 aliphatic heterocycles. The van der Waals surface area contributed by atoms with Crippen LogP contribution in [0.5, 0.6) is 0 Å². The summed E-state index contributed by atoms with van der Waals surface area (Å²) in [5.74, 6) is 0. The highest BCUT2D eigenvalue weighted by Crippen LogP contribution is 2.28. The molecule has 0 spiro atoms. The zero-order chi connectivity index (χ0) is 13.8. The van der Waals surface area contributed by atoms with E-state index in [9.17, 15) is 10.1 Å². The first kappa shape index (κ1) is 13.2. The van der Waals surface area contributed by atoms with Gasteiger partial charge in [0.15, 0.2) is 0 Å². The molecule has 0 N–H and O–H groups in total. The minimum atomic E-state index is -0.521. The van der Waals surface area contributed by atoms with Gasteiger partial charge in [-0.2, -0.15) is 0 Å². The molecule has 0 unspecified atom stereocenters. The molecule has 5 heteroatoms. The Labute approximate surface area is 115 Å². The third-order valence-corrected chi connectivity index (χ3v) is 2.89. The normalized spacial score (nSPS) is 10.8. The second-order valence-corrected chi connectivity index (χ2v) is 4.47. The monoisotopic (exact) mass is 274 g/mol. The van der Waals surface area contributed by atoms with Crippen molar-refractivity contribution in [1.29, 1.82) is 0 Å². The summed E-state index contributed by atoms with van der Waals surface area (Å²) in [6.45, 7) is 2.00. The van der Waals surface area contributed by atoms with E-state index in [0.717, 1.165) is 5.56 Å². The first-order chi connectivity index (χ1) is 9.06. The minimum Gasteiger partial charge on any atom is -0.258 e. The van der Waals surface area contributed by atoms with E-state index in [2.05, 4.69) is 4.99 Å². The van der Waals surface area contributed by atoms with E-state index in [-0.39, 0.29) is 10.7 Å². The van der Waals surface area contributed by atoms with Crippen LogP contribution in [0.3, 0.4) is 0 Å². The summed E-state index contributed by atoms with van der Waals surface area (Å²) in [4.78, 5) is 14.4. The molecule has 4 nitrogen and oxygen atoms in total. The summed E-state index contributed by atoms with van der Waals surface area (Å²) in [5.41, 5.74) is 2.46. The Morgan fingerprint density at radius 1 is 1.21 bits per heavy atom. The molecule has 0 saturated heterocycles. The first-order valence-corrected chi connectivity index (χ1v) is 5.99. The Morgan fingerprint density at radius 3 is 2.53 bits per heavy atom. The highest BCUT2D eigenvalue weighted by Gasteiger charge is 2.11. The van der Waals surface area contributed by atoms with Gasteiger partial charge in [0.1, 0.15) is 5.02 Å². The summed E-state index contributed by atoms with van der Waals surface area (Å²) in [5, 5.41) is 10.9. The molecule has 0 heterocycles. The van der Waals surface area contributed by atoms with Crippen LogP contribution in [0.4, 0.5) is 11.4 Å². The first-order valence-electron chi connectivity index (χ1n) is 5.61. The van der Waals surface area contributed by atoms with Gasteiger partial charge < -0.3 is 0 Å². The fourth-order valence-corrected chi connectivity index (χ4v) is 1.71. The van der Waals surface area contributed by atoms with Crippen LogP contribution in [-0.2, 0) is 0 Å². The van der Waals surface area contributed by atoms with Crippen LogP contribution in [0.1, 0.15) is 11.1 Å². The Kier molecular flexibility index (Phi) is 3.92. The largest absolute Gasteiger partial charge is 0.290 e. The molecule has 19 heavy (non-hydrogen) atoms. The van der Waals surface area contributed by atoms with Gasteiger partial charge in [0.2, 0.25) is 0 Å². The number of rotatable bonds is 3. The summed E-state index contributed by atoms with van der Waals surface area (Å²) in [6, 6.07) is 12.3. The van der Waals surface area contributed by atoms with Gasteiger partial charge in [-0.3, -0.25) is 15.1 Å². The maximum absolute atomic E-state index is 10.8. The molecule has 0 aliphatic carbocycles. The molecule has 0 aliphatic rings. The van der Waals surface area contributed by atoms with Crippen molar-refractivity contribution < 1.29 is 4.92 Å². The van der Waals surface area contributed by atoms with Crippen LogP contribution < -0.4 is 0 Å². The van der Waals surface area contributed by atoms with Crippen LogP contribution in [0.15, 0.2) is 47.5 Å². The number of hydrogen-bond acceptors (Lipinski definition) is 3. The van der Waals surface area contributed by atoms with Crippen molar-refractivity contribution in [3.63, 3.8) is 0 Å². The summed E-state index contributed by atoms with van der Waals surface area (Å²) in [6.07, 6.45) is 1.66. The fraction of sp³-hybridized carbons (Fsp3) is 0.0714. The van der Waals surface area contributed by atoms with Crippen LogP contribution in [0.2, 0.25) is 5.02 Å². The Morgan fingerprint density at radius 2 is 1.89 bits per heavy atom. The topological polar surface area (TPSA) is 55.5 Å². The van der Waals surface area contributed by atoms with E-state index >= 15 is 0 Å². The van der Waals surface area contributed by atoms with Crippen molar-refractivity contribution in [3.8, 4) is 0 Å². The molecule has 0 saturated carbocycles. The molecular weight excluding hydrogens is 264 g/mol. The van der Waals surface area contributed by atoms with E-state index in [1.165, 1.54) is 17.7 Å². The second kappa shape index (κ2) is 5.63. The molecule has 0 aromatic heterocycles. The predicted molar refractivity (Wildman–Crippen MR) is 76.5 cm³/mol. The molecule has 2 aromatic carbocycles. The average Bonchev–Trinajstić information content (AvgIpc) is 2.39. The van der Waals surface area contributed by atoms with Gasteiger partial charge in [-0.15, -0.1) is 0 Å². The highest BCUT2D eigenvalue weighted by atomic mass is 35.5. The lowest BCUT2D eigenvalue weighted by Gasteiger charge is -1.98. The summed E-state index contributed by atoms with van der Waals surface area (Å²) < 4.78 is 0. The van der Waals surface area contributed by atoms with E-state index in [4.69, 9.17) is 11.6 Å². The number of aryl methyl sites for hydroxylation is 1. The van der Waals surface area contributed by atoms with Gasteiger partial charge in [0, 0.05) is 12.3 Å². The fourth-order valence-electron chi connectivity index (χ4n) is 1.52. The van der Waals surface area contributed by atoms with Gasteiger partial charge in [0.25, 0.3) is 5.69 Å². The SMILES string of the molecule is Cc1ccc(C=Nc2ccc(Cl)c([N+](=O)[O-])c2)cc1. The molecule has 0 radical (unpaired) electrons. The van der Waals surface area contributed by atoms with E-state index in [1.807, 2.05) is 31.2 Å². The van der Waals surface area contributed by atoms with Crippen molar-refractivity contribution in [3.05, 3.63) is 68.7 Å². The number of hydrogen-bond donors (Lipinski definition) is 0. The maximum Gasteiger partial charge on any atom is 0.290 e. The quantitative estimate of drug-likeness (QED) is 0.476. The van der Waals surface area contributed by atoms with E-state index in [0.29, 0.717) is 5.69 Å². The van der Waals surface area contributed by atoms with Crippen LogP contribution >= 0.6 is 11.6 Å². The van der Waals surface area contributed by atoms with Crippen molar-refractivity contribution in [2.75, 3.05) is 0 Å². The van der Waals surface area contributed by atoms with Crippen molar-refractivity contribution in [2.24, 2.45) is 4.99 Å². The number of halogens is 1. The van der Waals surface area contributed by atoms with Crippen molar-refractivity contribution >= 4 is 29.2 Å². The standard InChI is InChI=1S/C14H11ClN2O2/c1-10-2-4-11(5-3-10)9-16-12-6-7-13(15)14(8-12)17(18)19/h2-9H,1H3. The highest BCUT2D eigenvalue weighted by molar-refractivity contribution is 6.32. The van der Waals surface area contributed by atoms with Gasteiger partial charge in [-0.05, 0) is 24.6 Å². The van der Waals surface area contributed by atoms with E-state index < -0.39 is 4.92 Å². The molecule has 0 atom stereocenters. The van der Waals surface area contributed by atoms with Gasteiger partial charge >= 0.3 is 0 Å². The van der Waals surface area contributed by atoms with Crippen LogP contribution in [0, 0.1) is 17.0 Å². The average molecular weight is 275 g/mol. The number of aliphatic imine (C=N–C) groups is 1. The Hall–Kier alpha value is -2.20. The third-order valence-electron chi connectivity index (χ3n) is 2.57. The van der Waals surface area contributed by atoms with Crippen LogP contribution in [-0.4, -0.2) is 11.1 Å². The van der Waals surface area contributed by atoms with E-state index in [1.54, 1.807) is 12.3 Å². The molecule has 0 amide bonds. The molecule has 2 rings (SSSR count). The smallest absolute Gasteiger partial charge is 0.258 e. The van der Waals surface area contributed by atoms with Gasteiger partial charge in [-0.25, -0.2) is 0 Å². The molecular formula is C14H11ClN2O2. The zero-order valence-corrected chi connectivity index (χ0v) is 11.0. The predicted octanol–water partition coefficient (Wildman–Crippen LogP) is 4.31. The van der Waals surface area contributed by atoms with Crippen molar-refractivity contribution in [1.82, 2.24) is 0 Å².